The predicted octanol–water partition coefficient (Wildman–Crippen LogP) is 3.99. The van der Waals surface area contributed by atoms with Gasteiger partial charge < -0.3 is 16.4 Å². The third-order valence-electron chi connectivity index (χ3n) is 3.45. The summed E-state index contributed by atoms with van der Waals surface area (Å²) in [4.78, 5) is 23.6. The summed E-state index contributed by atoms with van der Waals surface area (Å²) in [5.74, 6) is 0.0617. The largest absolute Gasteiger partial charge is 0.416 e. The Balaban J connectivity index is 1.94. The topological polar surface area (TPSA) is 84.2 Å². The first kappa shape index (κ1) is 20.6. The molecule has 4 N–H and O–H groups in total. The minimum atomic E-state index is -4.43. The standard InChI is InChI=1S/C18H18F3N3O2S/c19-18(20,21)13-5-3-4-12(10-13)11-23-17(26)24-14-6-1-2-7-15(14)27-9-8-16(22)25/h1-7,10H,8-9,11H2,(H2,22,25)(H2,23,24,26). The maximum Gasteiger partial charge on any atom is 0.416 e. The molecule has 0 unspecified atom stereocenters. The average Bonchev–Trinajstić information content (AvgIpc) is 2.61. The van der Waals surface area contributed by atoms with Gasteiger partial charge in [0, 0.05) is 23.6 Å². The minimum Gasteiger partial charge on any atom is -0.370 e. The third kappa shape index (κ3) is 6.86. The van der Waals surface area contributed by atoms with Crippen molar-refractivity contribution < 1.29 is 22.8 Å². The van der Waals surface area contributed by atoms with Crippen molar-refractivity contribution in [3.8, 4) is 0 Å². The molecule has 144 valence electrons. The number of halogens is 3. The van der Waals surface area contributed by atoms with Crippen molar-refractivity contribution in [1.82, 2.24) is 5.32 Å². The van der Waals surface area contributed by atoms with E-state index < -0.39 is 23.7 Å². The Kier molecular flexibility index (Phi) is 7.12. The van der Waals surface area contributed by atoms with Gasteiger partial charge in [0.1, 0.15) is 0 Å². The van der Waals surface area contributed by atoms with Gasteiger partial charge in [-0.2, -0.15) is 13.2 Å². The first-order chi connectivity index (χ1) is 12.8. The van der Waals surface area contributed by atoms with E-state index in [4.69, 9.17) is 5.73 Å². The molecule has 27 heavy (non-hydrogen) atoms. The van der Waals surface area contributed by atoms with Gasteiger partial charge in [-0.3, -0.25) is 4.79 Å². The highest BCUT2D eigenvalue weighted by Crippen LogP contribution is 2.29. The number of alkyl halides is 3. The monoisotopic (exact) mass is 397 g/mol. The summed E-state index contributed by atoms with van der Waals surface area (Å²) < 4.78 is 38.2. The van der Waals surface area contributed by atoms with E-state index >= 15 is 0 Å². The molecule has 9 heteroatoms. The number of primary amides is 1. The lowest BCUT2D eigenvalue weighted by atomic mass is 10.1. The summed E-state index contributed by atoms with van der Waals surface area (Å²) in [6.45, 7) is -0.0489. The molecular formula is C18H18F3N3O2S. The van der Waals surface area contributed by atoms with Gasteiger partial charge in [-0.25, -0.2) is 4.79 Å². The van der Waals surface area contributed by atoms with Crippen molar-refractivity contribution in [2.24, 2.45) is 5.73 Å². The summed E-state index contributed by atoms with van der Waals surface area (Å²) >= 11 is 1.37. The van der Waals surface area contributed by atoms with Crippen molar-refractivity contribution in [2.75, 3.05) is 11.1 Å². The number of carbonyl (C=O) groups excluding carboxylic acids is 2. The van der Waals surface area contributed by atoms with E-state index in [1.54, 1.807) is 24.3 Å². The number of carbonyl (C=O) groups is 2. The number of hydrogen-bond donors (Lipinski definition) is 3. The van der Waals surface area contributed by atoms with Crippen molar-refractivity contribution in [1.29, 1.82) is 0 Å². The number of anilines is 1. The molecular weight excluding hydrogens is 379 g/mol. The van der Waals surface area contributed by atoms with Crippen LogP contribution in [0.4, 0.5) is 23.7 Å². The highest BCUT2D eigenvalue weighted by atomic mass is 32.2. The number of rotatable bonds is 7. The second-order valence-electron chi connectivity index (χ2n) is 5.57. The maximum absolute atomic E-state index is 12.7. The molecule has 0 saturated carbocycles. The second kappa shape index (κ2) is 9.31. The van der Waals surface area contributed by atoms with Gasteiger partial charge in [0.05, 0.1) is 11.3 Å². The molecule has 2 aromatic rings. The van der Waals surface area contributed by atoms with Crippen molar-refractivity contribution in [3.63, 3.8) is 0 Å². The van der Waals surface area contributed by atoms with Crippen LogP contribution in [0.5, 0.6) is 0 Å². The van der Waals surface area contributed by atoms with Crippen LogP contribution in [0.3, 0.4) is 0 Å². The van der Waals surface area contributed by atoms with Crippen LogP contribution in [0.25, 0.3) is 0 Å². The zero-order valence-electron chi connectivity index (χ0n) is 14.2. The molecule has 0 fully saturated rings. The highest BCUT2D eigenvalue weighted by Gasteiger charge is 2.30. The summed E-state index contributed by atoms with van der Waals surface area (Å²) in [7, 11) is 0. The number of thioether (sulfide) groups is 1. The molecule has 0 aliphatic carbocycles. The molecule has 0 spiro atoms. The number of hydrogen-bond acceptors (Lipinski definition) is 3. The van der Waals surface area contributed by atoms with Crippen LogP contribution in [-0.4, -0.2) is 17.7 Å². The van der Waals surface area contributed by atoms with Gasteiger partial charge in [0.15, 0.2) is 0 Å². The number of benzene rings is 2. The summed E-state index contributed by atoms with van der Waals surface area (Å²) in [6.07, 6.45) is -4.22. The molecule has 0 aliphatic rings. The molecule has 3 amide bonds. The number of nitrogens with one attached hydrogen (secondary N) is 2. The predicted molar refractivity (Wildman–Crippen MR) is 98.3 cm³/mol. The van der Waals surface area contributed by atoms with E-state index in [1.807, 2.05) is 0 Å². The molecule has 2 aromatic carbocycles. The van der Waals surface area contributed by atoms with E-state index in [-0.39, 0.29) is 13.0 Å². The lowest BCUT2D eigenvalue weighted by molar-refractivity contribution is -0.137. The highest BCUT2D eigenvalue weighted by molar-refractivity contribution is 7.99. The molecule has 0 saturated heterocycles. The molecule has 2 rings (SSSR count). The Morgan fingerprint density at radius 2 is 1.81 bits per heavy atom. The van der Waals surface area contributed by atoms with E-state index in [2.05, 4.69) is 10.6 Å². The average molecular weight is 397 g/mol. The van der Waals surface area contributed by atoms with Crippen LogP contribution < -0.4 is 16.4 Å². The van der Waals surface area contributed by atoms with Gasteiger partial charge in [-0.15, -0.1) is 11.8 Å². The summed E-state index contributed by atoms with van der Waals surface area (Å²) in [5, 5.41) is 5.18. The van der Waals surface area contributed by atoms with E-state index in [0.717, 1.165) is 17.0 Å². The number of urea groups is 1. The van der Waals surface area contributed by atoms with Crippen LogP contribution in [0.1, 0.15) is 17.5 Å². The smallest absolute Gasteiger partial charge is 0.370 e. The van der Waals surface area contributed by atoms with Gasteiger partial charge in [-0.05, 0) is 29.8 Å². The second-order valence-corrected chi connectivity index (χ2v) is 6.70. The Bertz CT molecular complexity index is 812. The minimum absolute atomic E-state index is 0.0489. The van der Waals surface area contributed by atoms with Gasteiger partial charge in [0.25, 0.3) is 0 Å². The van der Waals surface area contributed by atoms with E-state index in [0.29, 0.717) is 17.0 Å². The lowest BCUT2D eigenvalue weighted by Gasteiger charge is -2.12. The fourth-order valence-corrected chi connectivity index (χ4v) is 3.14. The Morgan fingerprint density at radius 1 is 1.07 bits per heavy atom. The first-order valence-corrected chi connectivity index (χ1v) is 8.95. The molecule has 0 aliphatic heterocycles. The molecule has 0 atom stereocenters. The van der Waals surface area contributed by atoms with Gasteiger partial charge in [0.2, 0.25) is 5.91 Å². The maximum atomic E-state index is 12.7. The number of amides is 3. The Morgan fingerprint density at radius 3 is 2.52 bits per heavy atom. The fraction of sp³-hybridized carbons (Fsp3) is 0.222. The van der Waals surface area contributed by atoms with E-state index in [9.17, 15) is 22.8 Å². The number of nitrogens with two attached hydrogens (primary N) is 1. The van der Waals surface area contributed by atoms with E-state index in [1.165, 1.54) is 23.9 Å². The van der Waals surface area contributed by atoms with Crippen molar-refractivity contribution in [3.05, 3.63) is 59.7 Å². The zero-order valence-corrected chi connectivity index (χ0v) is 15.0. The summed E-state index contributed by atoms with van der Waals surface area (Å²) in [6, 6.07) is 11.2. The SMILES string of the molecule is NC(=O)CCSc1ccccc1NC(=O)NCc1cccc(C(F)(F)F)c1. The van der Waals surface area contributed by atoms with Crippen LogP contribution in [-0.2, 0) is 17.5 Å². The zero-order chi connectivity index (χ0) is 19.9. The van der Waals surface area contributed by atoms with Gasteiger partial charge in [-0.1, -0.05) is 24.3 Å². The molecule has 0 aromatic heterocycles. The van der Waals surface area contributed by atoms with Crippen LogP contribution >= 0.6 is 11.8 Å². The quantitative estimate of drug-likeness (QED) is 0.618. The molecule has 0 heterocycles. The number of para-hydroxylation sites is 1. The summed E-state index contributed by atoms with van der Waals surface area (Å²) in [5.41, 5.74) is 5.21. The fourth-order valence-electron chi connectivity index (χ4n) is 2.16. The van der Waals surface area contributed by atoms with Crippen molar-refractivity contribution >= 4 is 29.4 Å². The third-order valence-corrected chi connectivity index (χ3v) is 4.52. The van der Waals surface area contributed by atoms with Crippen LogP contribution in [0.15, 0.2) is 53.4 Å². The van der Waals surface area contributed by atoms with Crippen molar-refractivity contribution in [2.45, 2.75) is 24.0 Å². The van der Waals surface area contributed by atoms with Crippen LogP contribution in [0.2, 0.25) is 0 Å². The Hall–Kier alpha value is -2.68. The molecule has 0 bridgehead atoms. The lowest BCUT2D eigenvalue weighted by Crippen LogP contribution is -2.28. The normalized spacial score (nSPS) is 11.1. The molecule has 5 nitrogen and oxygen atoms in total. The molecule has 0 radical (unpaired) electrons. The van der Waals surface area contributed by atoms with Gasteiger partial charge >= 0.3 is 12.2 Å². The van der Waals surface area contributed by atoms with Crippen LogP contribution in [0, 0.1) is 0 Å². The Labute approximate surface area is 158 Å². The first-order valence-electron chi connectivity index (χ1n) is 7.97.